The Kier molecular flexibility index (Phi) is 3.17. The number of fused-ring (bicyclic) bond motifs is 1. The predicted molar refractivity (Wildman–Crippen MR) is 70.8 cm³/mol. The van der Waals surface area contributed by atoms with Crippen molar-refractivity contribution >= 4 is 29.3 Å². The minimum atomic E-state index is -0.835. The molecule has 0 radical (unpaired) electrons. The van der Waals surface area contributed by atoms with Crippen LogP contribution in [0.3, 0.4) is 0 Å². The third kappa shape index (κ3) is 2.32. The summed E-state index contributed by atoms with van der Waals surface area (Å²) in [6.45, 7) is 0.387. The number of carbonyl (C=O) groups excluding carboxylic acids is 1. The Hall–Kier alpha value is -1.57. The van der Waals surface area contributed by atoms with E-state index < -0.39 is 11.9 Å². The first-order valence-electron chi connectivity index (χ1n) is 5.93. The lowest BCUT2D eigenvalue weighted by atomic mass is 9.95. The third-order valence-electron chi connectivity index (χ3n) is 3.29. The summed E-state index contributed by atoms with van der Waals surface area (Å²) in [4.78, 5) is 23.6. The van der Waals surface area contributed by atoms with Gasteiger partial charge in [-0.3, -0.25) is 15.0 Å². The van der Waals surface area contributed by atoms with Crippen molar-refractivity contribution in [1.29, 1.82) is 0 Å². The molecule has 1 saturated heterocycles. The van der Waals surface area contributed by atoms with Crippen LogP contribution in [0.5, 0.6) is 0 Å². The maximum atomic E-state index is 11.4. The van der Waals surface area contributed by atoms with Gasteiger partial charge in [-0.15, -0.1) is 11.8 Å². The first-order chi connectivity index (χ1) is 9.15. The van der Waals surface area contributed by atoms with Gasteiger partial charge in [0.1, 0.15) is 0 Å². The van der Waals surface area contributed by atoms with E-state index in [1.807, 2.05) is 18.2 Å². The molecular formula is C12H13N3O3S. The highest BCUT2D eigenvalue weighted by atomic mass is 32.2. The second-order valence-electron chi connectivity index (χ2n) is 4.54. The van der Waals surface area contributed by atoms with Crippen molar-refractivity contribution in [3.63, 3.8) is 0 Å². The molecule has 7 heteroatoms. The lowest BCUT2D eigenvalue weighted by Crippen LogP contribution is -2.26. The SMILES string of the molecule is O=C1CSc2ccc(C3NNCC3C(=O)O)cc2N1. The molecule has 0 aromatic heterocycles. The van der Waals surface area contributed by atoms with Gasteiger partial charge in [-0.1, -0.05) is 6.07 Å². The van der Waals surface area contributed by atoms with E-state index >= 15 is 0 Å². The topological polar surface area (TPSA) is 90.5 Å². The maximum absolute atomic E-state index is 11.4. The largest absolute Gasteiger partial charge is 0.481 e. The number of hydrogen-bond donors (Lipinski definition) is 4. The summed E-state index contributed by atoms with van der Waals surface area (Å²) < 4.78 is 0. The van der Waals surface area contributed by atoms with Crippen molar-refractivity contribution in [2.24, 2.45) is 5.92 Å². The Morgan fingerprint density at radius 2 is 2.26 bits per heavy atom. The van der Waals surface area contributed by atoms with E-state index in [-0.39, 0.29) is 11.9 Å². The number of benzene rings is 1. The molecular weight excluding hydrogens is 266 g/mol. The minimum absolute atomic E-state index is 0.0260. The van der Waals surface area contributed by atoms with E-state index in [2.05, 4.69) is 16.2 Å². The van der Waals surface area contributed by atoms with Gasteiger partial charge in [-0.2, -0.15) is 0 Å². The predicted octanol–water partition coefficient (Wildman–Crippen LogP) is 0.580. The molecule has 2 heterocycles. The molecule has 1 fully saturated rings. The van der Waals surface area contributed by atoms with Gasteiger partial charge in [0.15, 0.2) is 0 Å². The van der Waals surface area contributed by atoms with Crippen molar-refractivity contribution < 1.29 is 14.7 Å². The maximum Gasteiger partial charge on any atom is 0.309 e. The normalized spacial score (nSPS) is 25.8. The number of amides is 1. The molecule has 0 saturated carbocycles. The molecule has 0 bridgehead atoms. The number of anilines is 1. The molecule has 1 aromatic rings. The van der Waals surface area contributed by atoms with Crippen molar-refractivity contribution in [2.75, 3.05) is 17.6 Å². The number of carboxylic acids is 1. The average molecular weight is 279 g/mol. The van der Waals surface area contributed by atoms with Crippen LogP contribution < -0.4 is 16.2 Å². The highest BCUT2D eigenvalue weighted by molar-refractivity contribution is 8.00. The number of rotatable bonds is 2. The molecule has 0 aliphatic carbocycles. The Labute approximate surface area is 113 Å². The van der Waals surface area contributed by atoms with Crippen molar-refractivity contribution in [2.45, 2.75) is 10.9 Å². The highest BCUT2D eigenvalue weighted by Crippen LogP contribution is 2.35. The molecule has 1 amide bonds. The summed E-state index contributed by atoms with van der Waals surface area (Å²) in [5, 5.41) is 12.0. The highest BCUT2D eigenvalue weighted by Gasteiger charge is 2.34. The van der Waals surface area contributed by atoms with Gasteiger partial charge in [0.25, 0.3) is 0 Å². The van der Waals surface area contributed by atoms with Crippen LogP contribution in [0.1, 0.15) is 11.6 Å². The molecule has 1 aromatic carbocycles. The van der Waals surface area contributed by atoms with Crippen molar-refractivity contribution in [1.82, 2.24) is 10.9 Å². The van der Waals surface area contributed by atoms with Gasteiger partial charge in [0.05, 0.1) is 23.4 Å². The van der Waals surface area contributed by atoms with E-state index in [1.165, 1.54) is 11.8 Å². The Balaban J connectivity index is 1.91. The number of hydrazine groups is 1. The summed E-state index contributed by atoms with van der Waals surface area (Å²) in [7, 11) is 0. The van der Waals surface area contributed by atoms with Crippen molar-refractivity contribution in [3.05, 3.63) is 23.8 Å². The fraction of sp³-hybridized carbons (Fsp3) is 0.333. The molecule has 2 atom stereocenters. The van der Waals surface area contributed by atoms with E-state index in [9.17, 15) is 14.7 Å². The molecule has 19 heavy (non-hydrogen) atoms. The zero-order valence-electron chi connectivity index (χ0n) is 9.97. The zero-order valence-corrected chi connectivity index (χ0v) is 10.8. The van der Waals surface area contributed by atoms with E-state index in [1.54, 1.807) is 0 Å². The monoisotopic (exact) mass is 279 g/mol. The Morgan fingerprint density at radius 1 is 1.42 bits per heavy atom. The standard InChI is InChI=1S/C12H13N3O3S/c16-10-5-19-9-2-1-6(3-8(9)14-10)11-7(12(17)18)4-13-15-11/h1-3,7,11,13,15H,4-5H2,(H,14,16)(H,17,18). The Bertz CT molecular complexity index is 549. The van der Waals surface area contributed by atoms with Gasteiger partial charge in [-0.05, 0) is 17.7 Å². The smallest absolute Gasteiger partial charge is 0.309 e. The fourth-order valence-electron chi connectivity index (χ4n) is 2.34. The summed E-state index contributed by atoms with van der Waals surface area (Å²) in [6.07, 6.45) is 0. The number of aliphatic carboxylic acids is 1. The minimum Gasteiger partial charge on any atom is -0.481 e. The molecule has 3 rings (SSSR count). The van der Waals surface area contributed by atoms with Crippen LogP contribution in [0.2, 0.25) is 0 Å². The van der Waals surface area contributed by atoms with E-state index in [0.29, 0.717) is 12.3 Å². The van der Waals surface area contributed by atoms with E-state index in [4.69, 9.17) is 0 Å². The number of nitrogens with one attached hydrogen (secondary N) is 3. The molecule has 4 N–H and O–H groups in total. The van der Waals surface area contributed by atoms with Crippen LogP contribution in [0.25, 0.3) is 0 Å². The van der Waals surface area contributed by atoms with Crippen molar-refractivity contribution in [3.8, 4) is 0 Å². The van der Waals surface area contributed by atoms with Crippen LogP contribution >= 0.6 is 11.8 Å². The molecule has 0 spiro atoms. The average Bonchev–Trinajstić information content (AvgIpc) is 2.87. The summed E-state index contributed by atoms with van der Waals surface area (Å²) in [5.74, 6) is -0.946. The fourth-order valence-corrected chi connectivity index (χ4v) is 3.13. The number of carboxylic acid groups (broad SMARTS) is 1. The van der Waals surface area contributed by atoms with Crippen LogP contribution in [0.15, 0.2) is 23.1 Å². The van der Waals surface area contributed by atoms with Gasteiger partial charge in [0, 0.05) is 11.4 Å². The Morgan fingerprint density at radius 3 is 3.05 bits per heavy atom. The van der Waals surface area contributed by atoms with Gasteiger partial charge < -0.3 is 10.4 Å². The summed E-state index contributed by atoms with van der Waals surface area (Å²) in [5.41, 5.74) is 7.46. The van der Waals surface area contributed by atoms with Crippen LogP contribution in [-0.4, -0.2) is 29.3 Å². The molecule has 100 valence electrons. The number of carbonyl (C=O) groups is 2. The number of hydrogen-bond acceptors (Lipinski definition) is 5. The van der Waals surface area contributed by atoms with Crippen LogP contribution in [0.4, 0.5) is 5.69 Å². The van der Waals surface area contributed by atoms with Gasteiger partial charge >= 0.3 is 5.97 Å². The second-order valence-corrected chi connectivity index (χ2v) is 5.56. The summed E-state index contributed by atoms with van der Waals surface area (Å²) in [6, 6.07) is 5.39. The lowest BCUT2D eigenvalue weighted by molar-refractivity contribution is -0.141. The molecule has 2 unspecified atom stereocenters. The summed E-state index contributed by atoms with van der Waals surface area (Å²) >= 11 is 1.49. The number of thioether (sulfide) groups is 1. The zero-order chi connectivity index (χ0) is 13.4. The lowest BCUT2D eigenvalue weighted by Gasteiger charge is -2.20. The second kappa shape index (κ2) is 4.84. The molecule has 2 aliphatic heterocycles. The van der Waals surface area contributed by atoms with E-state index in [0.717, 1.165) is 16.1 Å². The van der Waals surface area contributed by atoms with Crippen LogP contribution in [-0.2, 0) is 9.59 Å². The van der Waals surface area contributed by atoms with Gasteiger partial charge in [-0.25, -0.2) is 5.43 Å². The van der Waals surface area contributed by atoms with Crippen LogP contribution in [0, 0.1) is 5.92 Å². The first kappa shape index (κ1) is 12.5. The quantitative estimate of drug-likeness (QED) is 0.633. The first-order valence-corrected chi connectivity index (χ1v) is 6.91. The molecule has 2 aliphatic rings. The third-order valence-corrected chi connectivity index (χ3v) is 4.37. The molecule has 6 nitrogen and oxygen atoms in total. The van der Waals surface area contributed by atoms with Gasteiger partial charge in [0.2, 0.25) is 5.91 Å².